The van der Waals surface area contributed by atoms with Gasteiger partial charge in [0.1, 0.15) is 12.1 Å². The number of rotatable bonds is 5. The van der Waals surface area contributed by atoms with E-state index in [2.05, 4.69) is 4.99 Å². The molecule has 0 aromatic heterocycles. The predicted octanol–water partition coefficient (Wildman–Crippen LogP) is 2.49. The van der Waals surface area contributed by atoms with Crippen LogP contribution in [0.3, 0.4) is 0 Å². The highest BCUT2D eigenvalue weighted by Crippen LogP contribution is 2.33. The van der Waals surface area contributed by atoms with Gasteiger partial charge in [-0.25, -0.2) is 4.99 Å². The molecule has 1 amide bonds. The number of fused-ring (bicyclic) bond motifs is 1. The lowest BCUT2D eigenvalue weighted by molar-refractivity contribution is -0.155. The van der Waals surface area contributed by atoms with E-state index in [-0.39, 0.29) is 19.0 Å². The molecule has 2 aromatic rings. The Morgan fingerprint density at radius 2 is 1.87 bits per heavy atom. The fourth-order valence-corrected chi connectivity index (χ4v) is 3.35. The summed E-state index contributed by atoms with van der Waals surface area (Å²) in [4.78, 5) is 32.5. The molecule has 8 heteroatoms. The number of aliphatic hydroxyl groups is 1. The number of carbonyl (C=O) groups is 2. The minimum absolute atomic E-state index is 0.0890. The minimum atomic E-state index is -1.39. The third kappa shape index (κ3) is 5.21. The van der Waals surface area contributed by atoms with Gasteiger partial charge in [0.15, 0.2) is 12.1 Å². The van der Waals surface area contributed by atoms with Gasteiger partial charge in [-0.15, -0.1) is 0 Å². The molecule has 0 saturated carbocycles. The highest BCUT2D eigenvalue weighted by atomic mass is 16.6. The minimum Gasteiger partial charge on any atom is -0.459 e. The Hall–Kier alpha value is -3.39. The van der Waals surface area contributed by atoms with Gasteiger partial charge < -0.3 is 25.4 Å². The van der Waals surface area contributed by atoms with Gasteiger partial charge in [0.2, 0.25) is 0 Å². The number of anilines is 1. The number of aliphatic hydroxyl groups excluding tert-OH is 1. The number of hydrogen-bond acceptors (Lipinski definition) is 7. The maximum atomic E-state index is 12.9. The predicted molar refractivity (Wildman–Crippen MR) is 119 cm³/mol. The summed E-state index contributed by atoms with van der Waals surface area (Å²) in [5.74, 6) is -0.731. The van der Waals surface area contributed by atoms with Crippen molar-refractivity contribution < 1.29 is 19.4 Å². The van der Waals surface area contributed by atoms with Crippen LogP contribution in [0.25, 0.3) is 0 Å². The molecule has 1 aliphatic heterocycles. The molecule has 1 aliphatic rings. The highest BCUT2D eigenvalue weighted by molar-refractivity contribution is 5.97. The van der Waals surface area contributed by atoms with Crippen molar-refractivity contribution in [2.75, 3.05) is 18.5 Å². The van der Waals surface area contributed by atoms with Crippen molar-refractivity contribution in [3.05, 3.63) is 59.7 Å². The van der Waals surface area contributed by atoms with Crippen LogP contribution in [-0.2, 0) is 20.9 Å². The fraction of sp³-hybridized carbons (Fsp3) is 0.348. The number of carbonyl (C=O) groups excluding carboxylic acids is 2. The van der Waals surface area contributed by atoms with Gasteiger partial charge in [0, 0.05) is 24.8 Å². The normalized spacial score (nSPS) is 14.4. The summed E-state index contributed by atoms with van der Waals surface area (Å²) >= 11 is 0. The number of aliphatic imine (C=N–C) groups is 1. The summed E-state index contributed by atoms with van der Waals surface area (Å²) < 4.78 is 5.37. The van der Waals surface area contributed by atoms with Gasteiger partial charge in [-0.1, -0.05) is 30.3 Å². The third-order valence-corrected chi connectivity index (χ3v) is 4.84. The number of likely N-dealkylation sites (N-methyl/N-ethyl adjacent to an activating group) is 1. The molecule has 2 aromatic carbocycles. The molecule has 164 valence electrons. The summed E-state index contributed by atoms with van der Waals surface area (Å²) in [5, 5.41) is 10.9. The topological polar surface area (TPSA) is 108 Å². The number of esters is 1. The van der Waals surface area contributed by atoms with E-state index in [0.29, 0.717) is 22.5 Å². The standard InChI is InChI=1S/C23H28N4O4/c1-23(2,3)31-19(28)14-27-13-17-16(11-8-12-18(17)25-22(27)24)20(29)21(30)26(4)15-9-6-5-7-10-15/h5-12,20,29H,13-14H2,1-4H3,(H2,24,25). The van der Waals surface area contributed by atoms with Crippen LogP contribution in [0.5, 0.6) is 0 Å². The maximum Gasteiger partial charge on any atom is 0.326 e. The Balaban J connectivity index is 1.84. The number of ether oxygens (including phenoxy) is 1. The number of hydrogen-bond donors (Lipinski definition) is 2. The van der Waals surface area contributed by atoms with Gasteiger partial charge in [-0.05, 0) is 44.5 Å². The first-order valence-electron chi connectivity index (χ1n) is 10.0. The van der Waals surface area contributed by atoms with Crippen LogP contribution in [0, 0.1) is 0 Å². The molecular formula is C23H28N4O4. The van der Waals surface area contributed by atoms with Crippen LogP contribution in [-0.4, -0.2) is 47.0 Å². The van der Waals surface area contributed by atoms with E-state index in [9.17, 15) is 14.7 Å². The molecule has 0 bridgehead atoms. The van der Waals surface area contributed by atoms with Crippen LogP contribution < -0.4 is 10.6 Å². The summed E-state index contributed by atoms with van der Waals surface area (Å²) in [5.41, 5.74) is 7.73. The average Bonchev–Trinajstić information content (AvgIpc) is 2.71. The average molecular weight is 425 g/mol. The van der Waals surface area contributed by atoms with Gasteiger partial charge in [-0.3, -0.25) is 9.59 Å². The van der Waals surface area contributed by atoms with E-state index < -0.39 is 23.6 Å². The fourth-order valence-electron chi connectivity index (χ4n) is 3.35. The summed E-state index contributed by atoms with van der Waals surface area (Å²) in [6, 6.07) is 14.2. The Morgan fingerprint density at radius 1 is 1.19 bits per heavy atom. The molecule has 3 rings (SSSR count). The second-order valence-electron chi connectivity index (χ2n) is 8.39. The van der Waals surface area contributed by atoms with Crippen molar-refractivity contribution in [1.29, 1.82) is 0 Å². The Bertz CT molecular complexity index is 998. The van der Waals surface area contributed by atoms with E-state index in [1.165, 1.54) is 4.90 Å². The second kappa shape index (κ2) is 8.77. The van der Waals surface area contributed by atoms with Crippen molar-refractivity contribution in [3.63, 3.8) is 0 Å². The number of nitrogens with two attached hydrogens (primary N) is 1. The smallest absolute Gasteiger partial charge is 0.326 e. The molecule has 31 heavy (non-hydrogen) atoms. The number of benzene rings is 2. The molecule has 1 atom stereocenters. The van der Waals surface area contributed by atoms with Crippen molar-refractivity contribution in [1.82, 2.24) is 4.90 Å². The lowest BCUT2D eigenvalue weighted by Gasteiger charge is -2.31. The van der Waals surface area contributed by atoms with Crippen LogP contribution in [0.15, 0.2) is 53.5 Å². The lowest BCUT2D eigenvalue weighted by atomic mass is 9.98. The molecule has 0 fully saturated rings. The molecular weight excluding hydrogens is 396 g/mol. The first kappa shape index (κ1) is 22.3. The first-order chi connectivity index (χ1) is 14.6. The first-order valence-corrected chi connectivity index (χ1v) is 10.0. The molecule has 0 radical (unpaired) electrons. The Kier molecular flexibility index (Phi) is 6.31. The Morgan fingerprint density at radius 3 is 2.52 bits per heavy atom. The van der Waals surface area contributed by atoms with Crippen molar-refractivity contribution >= 4 is 29.2 Å². The number of para-hydroxylation sites is 1. The number of amides is 1. The largest absolute Gasteiger partial charge is 0.459 e. The van der Waals surface area contributed by atoms with Crippen molar-refractivity contribution in [2.45, 2.75) is 39.0 Å². The van der Waals surface area contributed by atoms with Crippen LogP contribution in [0.4, 0.5) is 11.4 Å². The lowest BCUT2D eigenvalue weighted by Crippen LogP contribution is -2.44. The monoisotopic (exact) mass is 424 g/mol. The third-order valence-electron chi connectivity index (χ3n) is 4.84. The van der Waals surface area contributed by atoms with Crippen LogP contribution in [0.2, 0.25) is 0 Å². The van der Waals surface area contributed by atoms with Crippen molar-refractivity contribution in [2.24, 2.45) is 10.7 Å². The summed E-state index contributed by atoms with van der Waals surface area (Å²) in [6.45, 7) is 5.50. The SMILES string of the molecule is CN(C(=O)C(O)c1cccc2c1CN(CC(=O)OC(C)(C)C)C(N)=N2)c1ccccc1. The van der Waals surface area contributed by atoms with Crippen LogP contribution in [0.1, 0.15) is 38.0 Å². The molecule has 0 saturated heterocycles. The molecule has 3 N–H and O–H groups in total. The Labute approximate surface area is 181 Å². The second-order valence-corrected chi connectivity index (χ2v) is 8.39. The zero-order valence-electron chi connectivity index (χ0n) is 18.2. The number of nitrogens with zero attached hydrogens (tertiary/aromatic N) is 3. The maximum absolute atomic E-state index is 12.9. The van der Waals surface area contributed by atoms with Crippen LogP contribution >= 0.6 is 0 Å². The summed E-state index contributed by atoms with van der Waals surface area (Å²) in [7, 11) is 1.61. The molecule has 8 nitrogen and oxygen atoms in total. The quantitative estimate of drug-likeness (QED) is 0.714. The van der Waals surface area contributed by atoms with E-state index in [1.807, 2.05) is 18.2 Å². The van der Waals surface area contributed by atoms with Gasteiger partial charge >= 0.3 is 5.97 Å². The van der Waals surface area contributed by atoms with Gasteiger partial charge in [0.05, 0.1) is 5.69 Å². The van der Waals surface area contributed by atoms with Crippen molar-refractivity contribution in [3.8, 4) is 0 Å². The molecule has 0 spiro atoms. The van der Waals surface area contributed by atoms with Gasteiger partial charge in [0.25, 0.3) is 5.91 Å². The highest BCUT2D eigenvalue weighted by Gasteiger charge is 2.30. The van der Waals surface area contributed by atoms with E-state index in [1.54, 1.807) is 63.1 Å². The van der Waals surface area contributed by atoms with E-state index in [4.69, 9.17) is 10.5 Å². The molecule has 1 unspecified atom stereocenters. The van der Waals surface area contributed by atoms with E-state index >= 15 is 0 Å². The van der Waals surface area contributed by atoms with E-state index in [0.717, 1.165) is 0 Å². The molecule has 0 aliphatic carbocycles. The summed E-state index contributed by atoms with van der Waals surface area (Å²) in [6.07, 6.45) is -1.39. The number of guanidine groups is 1. The molecule has 1 heterocycles. The zero-order valence-corrected chi connectivity index (χ0v) is 18.2. The zero-order chi connectivity index (χ0) is 22.8. The van der Waals surface area contributed by atoms with Gasteiger partial charge in [-0.2, -0.15) is 0 Å².